The van der Waals surface area contributed by atoms with E-state index >= 15 is 0 Å². The molecular weight excluding hydrogens is 318 g/mol. The molecule has 1 N–H and O–H groups in total. The molecule has 0 radical (unpaired) electrons. The molecule has 3 rings (SSSR count). The number of carbonyl (C=O) groups is 1. The summed E-state index contributed by atoms with van der Waals surface area (Å²) >= 11 is 0. The maximum Gasteiger partial charge on any atom is 0.220 e. The number of hydrogen-bond donors (Lipinski definition) is 1. The Hall–Kier alpha value is -2.96. The van der Waals surface area contributed by atoms with Gasteiger partial charge in [-0.25, -0.2) is 9.67 Å². The Balaban J connectivity index is 1.56. The van der Waals surface area contributed by atoms with E-state index in [0.29, 0.717) is 12.8 Å². The van der Waals surface area contributed by atoms with Crippen LogP contribution in [-0.2, 0) is 11.2 Å². The van der Waals surface area contributed by atoms with Crippen LogP contribution in [0.4, 0.5) is 0 Å². The Labute approximate surface area is 146 Å². The average molecular weight is 339 g/mol. The third-order valence-corrected chi connectivity index (χ3v) is 4.24. The molecule has 0 saturated carbocycles. The molecule has 1 unspecified atom stereocenters. The summed E-state index contributed by atoms with van der Waals surface area (Å²) in [7, 11) is 0. The molecule has 3 aromatic rings. The molecule has 25 heavy (non-hydrogen) atoms. The molecular formula is C18H21N5O2. The number of nitrogens with zero attached hydrogens (tertiary/aromatic N) is 4. The second-order valence-electron chi connectivity index (χ2n) is 6.02. The minimum Gasteiger partial charge on any atom is -0.361 e. The van der Waals surface area contributed by atoms with Gasteiger partial charge in [0.2, 0.25) is 5.91 Å². The molecule has 7 heteroatoms. The van der Waals surface area contributed by atoms with E-state index in [2.05, 4.69) is 20.6 Å². The molecule has 0 bridgehead atoms. The van der Waals surface area contributed by atoms with E-state index in [1.807, 2.05) is 45.0 Å². The van der Waals surface area contributed by atoms with E-state index in [0.717, 1.165) is 28.3 Å². The van der Waals surface area contributed by atoms with Crippen molar-refractivity contribution in [3.05, 3.63) is 59.5 Å². The molecule has 2 aromatic heterocycles. The van der Waals surface area contributed by atoms with Crippen molar-refractivity contribution < 1.29 is 9.32 Å². The molecule has 1 amide bonds. The SMILES string of the molecule is Cc1noc(C)c1CCC(=O)NC(C)c1ccc(-n2cncn2)cc1. The summed E-state index contributed by atoms with van der Waals surface area (Å²) in [5, 5.41) is 11.0. The first-order valence-corrected chi connectivity index (χ1v) is 8.20. The topological polar surface area (TPSA) is 85.8 Å². The molecule has 0 spiro atoms. The fourth-order valence-electron chi connectivity index (χ4n) is 2.75. The van der Waals surface area contributed by atoms with Crippen molar-refractivity contribution >= 4 is 5.91 Å². The fraction of sp³-hybridized carbons (Fsp3) is 0.333. The predicted octanol–water partition coefficient (Wildman–Crippen LogP) is 2.68. The summed E-state index contributed by atoms with van der Waals surface area (Å²) in [6, 6.07) is 7.81. The summed E-state index contributed by atoms with van der Waals surface area (Å²) in [5.41, 5.74) is 3.83. The maximum atomic E-state index is 12.2. The van der Waals surface area contributed by atoms with Gasteiger partial charge < -0.3 is 9.84 Å². The summed E-state index contributed by atoms with van der Waals surface area (Å²) in [4.78, 5) is 16.1. The lowest BCUT2D eigenvalue weighted by Crippen LogP contribution is -2.26. The monoisotopic (exact) mass is 339 g/mol. The highest BCUT2D eigenvalue weighted by Crippen LogP contribution is 2.17. The van der Waals surface area contributed by atoms with E-state index in [9.17, 15) is 4.79 Å². The van der Waals surface area contributed by atoms with Crippen LogP contribution in [0.5, 0.6) is 0 Å². The summed E-state index contributed by atoms with van der Waals surface area (Å²) in [5.74, 6) is 0.787. The second-order valence-corrected chi connectivity index (χ2v) is 6.02. The van der Waals surface area contributed by atoms with Crippen molar-refractivity contribution in [1.29, 1.82) is 0 Å². The number of hydrogen-bond acceptors (Lipinski definition) is 5. The van der Waals surface area contributed by atoms with Gasteiger partial charge in [0.05, 0.1) is 17.4 Å². The lowest BCUT2D eigenvalue weighted by Gasteiger charge is -2.15. The van der Waals surface area contributed by atoms with Gasteiger partial charge in [-0.15, -0.1) is 0 Å². The molecule has 0 aliphatic heterocycles. The van der Waals surface area contributed by atoms with Crippen molar-refractivity contribution in [1.82, 2.24) is 25.2 Å². The van der Waals surface area contributed by atoms with E-state index in [4.69, 9.17) is 4.52 Å². The van der Waals surface area contributed by atoms with Gasteiger partial charge in [-0.1, -0.05) is 17.3 Å². The molecule has 1 aromatic carbocycles. The molecule has 7 nitrogen and oxygen atoms in total. The van der Waals surface area contributed by atoms with Gasteiger partial charge in [0.1, 0.15) is 18.4 Å². The molecule has 130 valence electrons. The van der Waals surface area contributed by atoms with E-state index in [1.165, 1.54) is 6.33 Å². The van der Waals surface area contributed by atoms with Crippen LogP contribution in [0, 0.1) is 13.8 Å². The molecule has 2 heterocycles. The molecule has 0 aliphatic rings. The molecule has 0 fully saturated rings. The van der Waals surface area contributed by atoms with Crippen molar-refractivity contribution in [2.45, 2.75) is 39.7 Å². The van der Waals surface area contributed by atoms with Gasteiger partial charge in [0.15, 0.2) is 0 Å². The lowest BCUT2D eigenvalue weighted by molar-refractivity contribution is -0.121. The standard InChI is InChI=1S/C18H21N5O2/c1-12(15-4-6-16(7-5-15)23-11-19-10-20-23)21-18(24)9-8-17-13(2)22-25-14(17)3/h4-7,10-12H,8-9H2,1-3H3,(H,21,24). The zero-order chi connectivity index (χ0) is 17.8. The van der Waals surface area contributed by atoms with Gasteiger partial charge in [-0.2, -0.15) is 5.10 Å². The summed E-state index contributed by atoms with van der Waals surface area (Å²) in [6.07, 6.45) is 4.18. The van der Waals surface area contributed by atoms with E-state index in [-0.39, 0.29) is 11.9 Å². The van der Waals surface area contributed by atoms with Gasteiger partial charge in [0, 0.05) is 12.0 Å². The van der Waals surface area contributed by atoms with Crippen LogP contribution in [0.2, 0.25) is 0 Å². The minimum absolute atomic E-state index is 0.00727. The van der Waals surface area contributed by atoms with Crippen LogP contribution in [0.15, 0.2) is 41.4 Å². The fourth-order valence-corrected chi connectivity index (χ4v) is 2.75. The highest BCUT2D eigenvalue weighted by molar-refractivity contribution is 5.76. The van der Waals surface area contributed by atoms with E-state index in [1.54, 1.807) is 11.0 Å². The second kappa shape index (κ2) is 7.29. The van der Waals surface area contributed by atoms with Crippen molar-refractivity contribution in [2.24, 2.45) is 0 Å². The number of carbonyl (C=O) groups excluding carboxylic acids is 1. The molecule has 0 saturated heterocycles. The zero-order valence-electron chi connectivity index (χ0n) is 14.6. The largest absolute Gasteiger partial charge is 0.361 e. The van der Waals surface area contributed by atoms with Gasteiger partial charge in [0.25, 0.3) is 0 Å². The Morgan fingerprint density at radius 2 is 2.04 bits per heavy atom. The van der Waals surface area contributed by atoms with Gasteiger partial charge >= 0.3 is 0 Å². The van der Waals surface area contributed by atoms with Crippen LogP contribution < -0.4 is 5.32 Å². The molecule has 0 aliphatic carbocycles. The smallest absolute Gasteiger partial charge is 0.220 e. The number of rotatable bonds is 6. The highest BCUT2D eigenvalue weighted by Gasteiger charge is 2.13. The lowest BCUT2D eigenvalue weighted by atomic mass is 10.1. The summed E-state index contributed by atoms with van der Waals surface area (Å²) < 4.78 is 6.82. The predicted molar refractivity (Wildman–Crippen MR) is 92.2 cm³/mol. The van der Waals surface area contributed by atoms with E-state index < -0.39 is 0 Å². The van der Waals surface area contributed by atoms with Crippen molar-refractivity contribution in [3.8, 4) is 5.69 Å². The Morgan fingerprint density at radius 3 is 2.64 bits per heavy atom. The zero-order valence-corrected chi connectivity index (χ0v) is 14.6. The number of aryl methyl sites for hydroxylation is 2. The highest BCUT2D eigenvalue weighted by atomic mass is 16.5. The summed E-state index contributed by atoms with van der Waals surface area (Å²) in [6.45, 7) is 5.73. The number of aromatic nitrogens is 4. The first kappa shape index (κ1) is 16.9. The minimum atomic E-state index is -0.0676. The van der Waals surface area contributed by atoms with Crippen molar-refractivity contribution in [3.63, 3.8) is 0 Å². The number of nitrogens with one attached hydrogen (secondary N) is 1. The van der Waals surface area contributed by atoms with Crippen LogP contribution in [0.25, 0.3) is 5.69 Å². The third kappa shape index (κ3) is 3.93. The Bertz CT molecular complexity index is 817. The number of amides is 1. The van der Waals surface area contributed by atoms with Crippen LogP contribution in [0.1, 0.15) is 42.0 Å². The Kier molecular flexibility index (Phi) is 4.92. The third-order valence-electron chi connectivity index (χ3n) is 4.24. The quantitative estimate of drug-likeness (QED) is 0.746. The van der Waals surface area contributed by atoms with Gasteiger partial charge in [-0.3, -0.25) is 4.79 Å². The number of benzene rings is 1. The van der Waals surface area contributed by atoms with Crippen molar-refractivity contribution in [2.75, 3.05) is 0 Å². The molecule has 1 atom stereocenters. The van der Waals surface area contributed by atoms with Crippen LogP contribution in [0.3, 0.4) is 0 Å². The normalized spacial score (nSPS) is 12.1. The first-order chi connectivity index (χ1) is 12.0. The Morgan fingerprint density at radius 1 is 1.28 bits per heavy atom. The van der Waals surface area contributed by atoms with Crippen LogP contribution in [-0.4, -0.2) is 25.8 Å². The van der Waals surface area contributed by atoms with Gasteiger partial charge in [-0.05, 0) is 44.9 Å². The van der Waals surface area contributed by atoms with Crippen LogP contribution >= 0.6 is 0 Å². The maximum absolute atomic E-state index is 12.2. The first-order valence-electron chi connectivity index (χ1n) is 8.20. The average Bonchev–Trinajstić information content (AvgIpc) is 3.24.